The van der Waals surface area contributed by atoms with Crippen molar-refractivity contribution >= 4 is 40.1 Å². The fourth-order valence-electron chi connectivity index (χ4n) is 2.80. The summed E-state index contributed by atoms with van der Waals surface area (Å²) in [5.74, 6) is 0.488. The number of halogens is 2. The van der Waals surface area contributed by atoms with Gasteiger partial charge in [0.25, 0.3) is 5.91 Å². The molecule has 1 aliphatic rings. The van der Waals surface area contributed by atoms with Crippen LogP contribution >= 0.6 is 34.2 Å². The van der Waals surface area contributed by atoms with Crippen molar-refractivity contribution in [1.82, 2.24) is 10.2 Å². The van der Waals surface area contributed by atoms with Gasteiger partial charge in [-0.15, -0.1) is 0 Å². The highest BCUT2D eigenvalue weighted by Crippen LogP contribution is 2.20. The zero-order valence-corrected chi connectivity index (χ0v) is 15.4. The molecule has 1 atom stereocenters. The van der Waals surface area contributed by atoms with Crippen molar-refractivity contribution in [3.8, 4) is 0 Å². The number of likely N-dealkylation sites (tertiary alicyclic amines) is 1. The van der Waals surface area contributed by atoms with Crippen LogP contribution in [0.3, 0.4) is 0 Å². The Bertz CT molecular complexity index is 501. The van der Waals surface area contributed by atoms with Crippen LogP contribution in [0.5, 0.6) is 0 Å². The first-order valence-electron chi connectivity index (χ1n) is 7.46. The lowest BCUT2D eigenvalue weighted by atomic mass is 10.0. The standard InChI is InChI=1S/C16H22ClIN2O/c1-11(2)15(20-7-3-4-8-20)10-19-16(21)12-5-6-14(18)13(17)9-12/h5-6,9,11,15H,3-4,7-8,10H2,1-2H3,(H,19,21). The highest BCUT2D eigenvalue weighted by Gasteiger charge is 2.25. The minimum Gasteiger partial charge on any atom is -0.350 e. The molecule has 0 spiro atoms. The first-order chi connectivity index (χ1) is 9.99. The molecule has 0 saturated carbocycles. The third kappa shape index (κ3) is 4.57. The summed E-state index contributed by atoms with van der Waals surface area (Å²) in [6, 6.07) is 5.84. The Morgan fingerprint density at radius 2 is 2.05 bits per heavy atom. The summed E-state index contributed by atoms with van der Waals surface area (Å²) in [4.78, 5) is 14.8. The summed E-state index contributed by atoms with van der Waals surface area (Å²) >= 11 is 8.24. The van der Waals surface area contributed by atoms with Gasteiger partial charge in [-0.3, -0.25) is 9.69 Å². The lowest BCUT2D eigenvalue weighted by Crippen LogP contribution is -2.45. The van der Waals surface area contributed by atoms with Crippen molar-refractivity contribution < 1.29 is 4.79 Å². The van der Waals surface area contributed by atoms with E-state index in [-0.39, 0.29) is 5.91 Å². The van der Waals surface area contributed by atoms with Crippen LogP contribution < -0.4 is 5.32 Å². The van der Waals surface area contributed by atoms with Gasteiger partial charge >= 0.3 is 0 Å². The van der Waals surface area contributed by atoms with E-state index in [0.717, 1.165) is 16.7 Å². The van der Waals surface area contributed by atoms with Crippen molar-refractivity contribution in [2.45, 2.75) is 32.7 Å². The molecule has 5 heteroatoms. The molecule has 1 aromatic carbocycles. The molecule has 1 saturated heterocycles. The summed E-state index contributed by atoms with van der Waals surface area (Å²) in [5, 5.41) is 3.69. The predicted molar refractivity (Wildman–Crippen MR) is 95.9 cm³/mol. The Morgan fingerprint density at radius 3 is 2.62 bits per heavy atom. The molecule has 1 amide bonds. The molecule has 2 rings (SSSR count). The number of carbonyl (C=O) groups is 1. The number of benzene rings is 1. The quantitative estimate of drug-likeness (QED) is 0.735. The number of hydrogen-bond acceptors (Lipinski definition) is 2. The first kappa shape index (κ1) is 17.0. The minimum absolute atomic E-state index is 0.0434. The normalized spacial score (nSPS) is 17.2. The number of hydrogen-bond donors (Lipinski definition) is 1. The Hall–Kier alpha value is -0.330. The number of nitrogens with one attached hydrogen (secondary N) is 1. The number of amides is 1. The lowest BCUT2D eigenvalue weighted by molar-refractivity contribution is 0.0927. The molecule has 1 N–H and O–H groups in total. The third-order valence-corrected chi connectivity index (χ3v) is 5.60. The van der Waals surface area contributed by atoms with Crippen LogP contribution in [-0.2, 0) is 0 Å². The van der Waals surface area contributed by atoms with E-state index in [0.29, 0.717) is 29.1 Å². The summed E-state index contributed by atoms with van der Waals surface area (Å²) in [6.45, 7) is 7.43. The Balaban J connectivity index is 1.96. The lowest BCUT2D eigenvalue weighted by Gasteiger charge is -2.31. The van der Waals surface area contributed by atoms with Gasteiger partial charge in [0.2, 0.25) is 0 Å². The SMILES string of the molecule is CC(C)C(CNC(=O)c1ccc(I)c(Cl)c1)N1CCCC1. The maximum Gasteiger partial charge on any atom is 0.251 e. The van der Waals surface area contributed by atoms with Crippen LogP contribution in [0.4, 0.5) is 0 Å². The van der Waals surface area contributed by atoms with Gasteiger partial charge in [0.1, 0.15) is 0 Å². The fourth-order valence-corrected chi connectivity index (χ4v) is 3.31. The fraction of sp³-hybridized carbons (Fsp3) is 0.562. The monoisotopic (exact) mass is 420 g/mol. The Labute approximate surface area is 145 Å². The van der Waals surface area contributed by atoms with Crippen LogP contribution in [0.25, 0.3) is 0 Å². The van der Waals surface area contributed by atoms with E-state index in [1.54, 1.807) is 6.07 Å². The molecule has 1 unspecified atom stereocenters. The highest BCUT2D eigenvalue weighted by atomic mass is 127. The van der Waals surface area contributed by atoms with Gasteiger partial charge in [0.05, 0.1) is 5.02 Å². The van der Waals surface area contributed by atoms with Crippen molar-refractivity contribution in [3.63, 3.8) is 0 Å². The van der Waals surface area contributed by atoms with Crippen LogP contribution in [-0.4, -0.2) is 36.5 Å². The maximum absolute atomic E-state index is 12.3. The average molecular weight is 421 g/mol. The van der Waals surface area contributed by atoms with E-state index in [1.807, 2.05) is 12.1 Å². The highest BCUT2D eigenvalue weighted by molar-refractivity contribution is 14.1. The minimum atomic E-state index is -0.0434. The second kappa shape index (κ2) is 7.79. The number of rotatable bonds is 5. The first-order valence-corrected chi connectivity index (χ1v) is 8.92. The second-order valence-corrected chi connectivity index (χ2v) is 7.46. The summed E-state index contributed by atoms with van der Waals surface area (Å²) < 4.78 is 0.961. The Morgan fingerprint density at radius 1 is 1.38 bits per heavy atom. The largest absolute Gasteiger partial charge is 0.350 e. The molecule has 0 aromatic heterocycles. The van der Waals surface area contributed by atoms with E-state index in [1.165, 1.54) is 12.8 Å². The van der Waals surface area contributed by atoms with E-state index in [9.17, 15) is 4.79 Å². The van der Waals surface area contributed by atoms with E-state index in [2.05, 4.69) is 46.7 Å². The van der Waals surface area contributed by atoms with Crippen LogP contribution in [0.15, 0.2) is 18.2 Å². The molecule has 0 bridgehead atoms. The van der Waals surface area contributed by atoms with E-state index in [4.69, 9.17) is 11.6 Å². The van der Waals surface area contributed by atoms with E-state index >= 15 is 0 Å². The topological polar surface area (TPSA) is 32.3 Å². The predicted octanol–water partition coefficient (Wildman–Crippen LogP) is 3.79. The van der Waals surface area contributed by atoms with Crippen molar-refractivity contribution in [3.05, 3.63) is 32.4 Å². The van der Waals surface area contributed by atoms with E-state index < -0.39 is 0 Å². The number of carbonyl (C=O) groups excluding carboxylic acids is 1. The molecule has 21 heavy (non-hydrogen) atoms. The maximum atomic E-state index is 12.3. The van der Waals surface area contributed by atoms with Gasteiger partial charge in [-0.05, 0) is 72.6 Å². The average Bonchev–Trinajstić information content (AvgIpc) is 2.95. The van der Waals surface area contributed by atoms with Crippen LogP contribution in [0, 0.1) is 9.49 Å². The zero-order valence-electron chi connectivity index (χ0n) is 12.5. The summed E-state index contributed by atoms with van der Waals surface area (Å²) in [7, 11) is 0. The molecule has 116 valence electrons. The molecular formula is C16H22ClIN2O. The van der Waals surface area contributed by atoms with Gasteiger partial charge in [-0.25, -0.2) is 0 Å². The molecule has 1 aromatic rings. The van der Waals surface area contributed by atoms with Crippen molar-refractivity contribution in [2.75, 3.05) is 19.6 Å². The molecule has 0 aliphatic carbocycles. The second-order valence-electron chi connectivity index (χ2n) is 5.89. The molecular weight excluding hydrogens is 399 g/mol. The van der Waals surface area contributed by atoms with Gasteiger partial charge in [0, 0.05) is 21.7 Å². The van der Waals surface area contributed by atoms with Crippen molar-refractivity contribution in [2.24, 2.45) is 5.92 Å². The molecule has 1 aliphatic heterocycles. The number of nitrogens with zero attached hydrogens (tertiary/aromatic N) is 1. The summed E-state index contributed by atoms with van der Waals surface area (Å²) in [5.41, 5.74) is 0.629. The summed E-state index contributed by atoms with van der Waals surface area (Å²) in [6.07, 6.45) is 2.54. The van der Waals surface area contributed by atoms with Gasteiger partial charge in [-0.2, -0.15) is 0 Å². The van der Waals surface area contributed by atoms with Gasteiger partial charge in [-0.1, -0.05) is 25.4 Å². The van der Waals surface area contributed by atoms with Crippen molar-refractivity contribution in [1.29, 1.82) is 0 Å². The van der Waals surface area contributed by atoms with Crippen LogP contribution in [0.1, 0.15) is 37.0 Å². The molecule has 1 fully saturated rings. The van der Waals surface area contributed by atoms with Gasteiger partial charge in [0.15, 0.2) is 0 Å². The molecule has 3 nitrogen and oxygen atoms in total. The molecule has 1 heterocycles. The van der Waals surface area contributed by atoms with Crippen LogP contribution in [0.2, 0.25) is 5.02 Å². The Kier molecular flexibility index (Phi) is 6.32. The molecule has 0 radical (unpaired) electrons. The zero-order chi connectivity index (χ0) is 15.4. The van der Waals surface area contributed by atoms with Gasteiger partial charge < -0.3 is 5.32 Å². The third-order valence-electron chi connectivity index (χ3n) is 4.03. The smallest absolute Gasteiger partial charge is 0.251 e.